The van der Waals surface area contributed by atoms with Gasteiger partial charge in [-0.3, -0.25) is 0 Å². The predicted molar refractivity (Wildman–Crippen MR) is 42.0 cm³/mol. The predicted octanol–water partition coefficient (Wildman–Crippen LogP) is 0.641. The maximum atomic E-state index is 10.7. The second-order valence-electron chi connectivity index (χ2n) is 2.90. The summed E-state index contributed by atoms with van der Waals surface area (Å²) in [5.41, 5.74) is -0.865. The summed E-state index contributed by atoms with van der Waals surface area (Å²) >= 11 is 0. The summed E-state index contributed by atoms with van der Waals surface area (Å²) in [6, 6.07) is 0. The molecule has 72 valence electrons. The normalized spacial score (nSPS) is 26.1. The van der Waals surface area contributed by atoms with Gasteiger partial charge in [0.25, 0.3) is 0 Å². The Balaban J connectivity index is 2.40. The zero-order valence-electron chi connectivity index (χ0n) is 7.24. The van der Waals surface area contributed by atoms with E-state index in [0.717, 1.165) is 6.08 Å². The molecule has 13 heavy (non-hydrogen) atoms. The van der Waals surface area contributed by atoms with Crippen molar-refractivity contribution in [2.24, 2.45) is 0 Å². The van der Waals surface area contributed by atoms with E-state index in [1.807, 2.05) is 0 Å². The quantitative estimate of drug-likeness (QED) is 0.478. The van der Waals surface area contributed by atoms with Crippen molar-refractivity contribution in [3.63, 3.8) is 0 Å². The topological polar surface area (TPSA) is 61.8 Å². The van der Waals surface area contributed by atoms with Crippen LogP contribution in [0.1, 0.15) is 6.92 Å². The number of cyclic esters (lactones) is 2. The fourth-order valence-corrected chi connectivity index (χ4v) is 0.826. The summed E-state index contributed by atoms with van der Waals surface area (Å²) in [4.78, 5) is 21.2. The molecule has 1 saturated heterocycles. The lowest BCUT2D eigenvalue weighted by molar-refractivity contribution is -0.143. The minimum atomic E-state index is -0.865. The Hall–Kier alpha value is -1.52. The van der Waals surface area contributed by atoms with Gasteiger partial charge in [-0.25, -0.2) is 9.59 Å². The highest BCUT2D eigenvalue weighted by molar-refractivity contribution is 5.81. The minimum Gasteiger partial charge on any atom is -0.458 e. The van der Waals surface area contributed by atoms with E-state index in [0.29, 0.717) is 0 Å². The first kappa shape index (κ1) is 9.57. The Morgan fingerprint density at radius 3 is 3.00 bits per heavy atom. The smallest absolute Gasteiger partial charge is 0.458 e. The van der Waals surface area contributed by atoms with E-state index in [1.54, 1.807) is 6.92 Å². The molecule has 1 aliphatic heterocycles. The minimum absolute atomic E-state index is 0.0242. The third-order valence-electron chi connectivity index (χ3n) is 1.51. The van der Waals surface area contributed by atoms with Gasteiger partial charge in [-0.1, -0.05) is 6.58 Å². The van der Waals surface area contributed by atoms with Crippen molar-refractivity contribution in [1.82, 2.24) is 0 Å². The van der Waals surface area contributed by atoms with Gasteiger partial charge < -0.3 is 14.2 Å². The highest BCUT2D eigenvalue weighted by atomic mass is 16.8. The van der Waals surface area contributed by atoms with Gasteiger partial charge in [0, 0.05) is 6.08 Å². The first-order chi connectivity index (χ1) is 6.06. The van der Waals surface area contributed by atoms with Crippen molar-refractivity contribution in [1.29, 1.82) is 0 Å². The van der Waals surface area contributed by atoms with Gasteiger partial charge in [-0.2, -0.15) is 0 Å². The molecular weight excluding hydrogens is 176 g/mol. The number of carbonyl (C=O) groups excluding carboxylic acids is 2. The van der Waals surface area contributed by atoms with Gasteiger partial charge in [0.2, 0.25) is 0 Å². The lowest BCUT2D eigenvalue weighted by Gasteiger charge is -2.17. The van der Waals surface area contributed by atoms with E-state index in [-0.39, 0.29) is 13.2 Å². The van der Waals surface area contributed by atoms with Crippen molar-refractivity contribution < 1.29 is 23.8 Å². The second kappa shape index (κ2) is 3.47. The van der Waals surface area contributed by atoms with E-state index >= 15 is 0 Å². The van der Waals surface area contributed by atoms with Crippen molar-refractivity contribution >= 4 is 12.1 Å². The van der Waals surface area contributed by atoms with Crippen molar-refractivity contribution in [2.45, 2.75) is 12.5 Å². The molecule has 5 nitrogen and oxygen atoms in total. The Labute approximate surface area is 75.3 Å². The third-order valence-corrected chi connectivity index (χ3v) is 1.51. The van der Waals surface area contributed by atoms with E-state index in [2.05, 4.69) is 11.3 Å². The SMILES string of the molecule is C=CC(=O)OCC1(C)COC(=O)O1. The molecule has 1 aliphatic rings. The molecule has 1 fully saturated rings. The van der Waals surface area contributed by atoms with Gasteiger partial charge in [0.15, 0.2) is 5.60 Å². The summed E-state index contributed by atoms with van der Waals surface area (Å²) in [5.74, 6) is -0.552. The van der Waals surface area contributed by atoms with Crippen LogP contribution < -0.4 is 0 Å². The van der Waals surface area contributed by atoms with Crippen LogP contribution in [0, 0.1) is 0 Å². The van der Waals surface area contributed by atoms with Gasteiger partial charge in [0.05, 0.1) is 0 Å². The zero-order chi connectivity index (χ0) is 9.90. The summed E-state index contributed by atoms with van der Waals surface area (Å²) in [5, 5.41) is 0. The molecule has 0 aromatic carbocycles. The molecule has 5 heteroatoms. The molecule has 0 radical (unpaired) electrons. The number of ether oxygens (including phenoxy) is 3. The number of esters is 1. The molecule has 0 aliphatic carbocycles. The molecule has 1 atom stereocenters. The molecule has 0 N–H and O–H groups in total. The highest BCUT2D eigenvalue weighted by Gasteiger charge is 2.39. The number of carbonyl (C=O) groups is 2. The average Bonchev–Trinajstić information content (AvgIpc) is 2.43. The standard InChI is InChI=1S/C8H10O5/c1-3-6(9)11-4-8(2)5-12-7(10)13-8/h3H,1,4-5H2,2H3. The maximum absolute atomic E-state index is 10.7. The van der Waals surface area contributed by atoms with Crippen LogP contribution in [0.15, 0.2) is 12.7 Å². The second-order valence-corrected chi connectivity index (χ2v) is 2.90. The van der Waals surface area contributed by atoms with Crippen molar-refractivity contribution in [3.8, 4) is 0 Å². The molecule has 0 spiro atoms. The molecular formula is C8H10O5. The lowest BCUT2D eigenvalue weighted by atomic mass is 10.1. The third kappa shape index (κ3) is 2.47. The molecule has 1 rings (SSSR count). The molecule has 0 aromatic heterocycles. The number of hydrogen-bond donors (Lipinski definition) is 0. The van der Waals surface area contributed by atoms with Gasteiger partial charge in [0.1, 0.15) is 13.2 Å². The Morgan fingerprint density at radius 2 is 2.54 bits per heavy atom. The van der Waals surface area contributed by atoms with E-state index in [9.17, 15) is 9.59 Å². The first-order valence-corrected chi connectivity index (χ1v) is 3.71. The fraction of sp³-hybridized carbons (Fsp3) is 0.500. The number of rotatable bonds is 3. The molecule has 0 bridgehead atoms. The van der Waals surface area contributed by atoms with Crippen LogP contribution in [0.3, 0.4) is 0 Å². The summed E-state index contributed by atoms with van der Waals surface area (Å²) in [7, 11) is 0. The highest BCUT2D eigenvalue weighted by Crippen LogP contribution is 2.19. The Kier molecular flexibility index (Phi) is 2.55. The summed E-state index contributed by atoms with van der Waals surface area (Å²) in [6.07, 6.45) is 0.304. The van der Waals surface area contributed by atoms with Crippen LogP contribution >= 0.6 is 0 Å². The van der Waals surface area contributed by atoms with Crippen LogP contribution in [0.5, 0.6) is 0 Å². The molecule has 0 saturated carbocycles. The maximum Gasteiger partial charge on any atom is 0.509 e. The largest absolute Gasteiger partial charge is 0.509 e. The fourth-order valence-electron chi connectivity index (χ4n) is 0.826. The van der Waals surface area contributed by atoms with Crippen LogP contribution in [0.25, 0.3) is 0 Å². The molecule has 1 unspecified atom stereocenters. The monoisotopic (exact) mass is 186 g/mol. The van der Waals surface area contributed by atoms with Crippen molar-refractivity contribution in [3.05, 3.63) is 12.7 Å². The van der Waals surface area contributed by atoms with Gasteiger partial charge in [-0.15, -0.1) is 0 Å². The summed E-state index contributed by atoms with van der Waals surface area (Å²) in [6.45, 7) is 4.92. The summed E-state index contributed by atoms with van der Waals surface area (Å²) < 4.78 is 14.0. The van der Waals surface area contributed by atoms with Crippen LogP contribution in [-0.4, -0.2) is 30.9 Å². The van der Waals surface area contributed by atoms with Crippen LogP contribution in [-0.2, 0) is 19.0 Å². The van der Waals surface area contributed by atoms with Crippen molar-refractivity contribution in [2.75, 3.05) is 13.2 Å². The van der Waals surface area contributed by atoms with E-state index in [1.165, 1.54) is 0 Å². The first-order valence-electron chi connectivity index (χ1n) is 3.71. The van der Waals surface area contributed by atoms with E-state index in [4.69, 9.17) is 9.47 Å². The Morgan fingerprint density at radius 1 is 1.85 bits per heavy atom. The lowest BCUT2D eigenvalue weighted by Crippen LogP contribution is -2.34. The van der Waals surface area contributed by atoms with E-state index < -0.39 is 17.7 Å². The Bertz CT molecular complexity index is 247. The van der Waals surface area contributed by atoms with Crippen LogP contribution in [0.2, 0.25) is 0 Å². The average molecular weight is 186 g/mol. The number of hydrogen-bond acceptors (Lipinski definition) is 5. The van der Waals surface area contributed by atoms with Crippen LogP contribution in [0.4, 0.5) is 4.79 Å². The molecule has 0 aromatic rings. The molecule has 0 amide bonds. The zero-order valence-corrected chi connectivity index (χ0v) is 7.24. The van der Waals surface area contributed by atoms with Gasteiger partial charge >= 0.3 is 12.1 Å². The van der Waals surface area contributed by atoms with Gasteiger partial charge in [-0.05, 0) is 6.92 Å². The molecule has 1 heterocycles.